The molecule has 0 aliphatic carbocycles. The molecule has 0 atom stereocenters. The molecule has 0 aliphatic rings. The first kappa shape index (κ1) is 20.2. The van der Waals surface area contributed by atoms with Gasteiger partial charge in [0.1, 0.15) is 17.2 Å². The first-order valence-electron chi connectivity index (χ1n) is 9.30. The van der Waals surface area contributed by atoms with Crippen LogP contribution in [-0.2, 0) is 0 Å². The highest BCUT2D eigenvalue weighted by molar-refractivity contribution is 6.06. The molecule has 5 nitrogen and oxygen atoms in total. The van der Waals surface area contributed by atoms with Crippen molar-refractivity contribution in [3.63, 3.8) is 0 Å². The smallest absolute Gasteiger partial charge is 0.274 e. The van der Waals surface area contributed by atoms with Crippen LogP contribution in [0, 0.1) is 12.7 Å². The zero-order valence-corrected chi connectivity index (χ0v) is 16.5. The molecule has 0 radical (unpaired) electrons. The maximum Gasteiger partial charge on any atom is 0.274 e. The number of amides is 2. The molecule has 0 spiro atoms. The molecule has 0 aliphatic heterocycles. The van der Waals surface area contributed by atoms with Crippen molar-refractivity contribution in [1.82, 2.24) is 4.98 Å². The van der Waals surface area contributed by atoms with Crippen LogP contribution in [0.4, 0.5) is 15.8 Å². The van der Waals surface area contributed by atoms with Crippen LogP contribution in [0.1, 0.15) is 51.9 Å². The van der Waals surface area contributed by atoms with Crippen LogP contribution in [0.25, 0.3) is 0 Å². The molecular formula is C23H22FN3O2. The lowest BCUT2D eigenvalue weighted by Gasteiger charge is -2.16. The molecule has 29 heavy (non-hydrogen) atoms. The van der Waals surface area contributed by atoms with E-state index in [9.17, 15) is 14.0 Å². The molecule has 2 N–H and O–H groups in total. The van der Waals surface area contributed by atoms with Gasteiger partial charge in [-0.1, -0.05) is 44.2 Å². The lowest BCUT2D eigenvalue weighted by molar-refractivity contribution is 0.101. The number of aromatic nitrogens is 1. The Labute approximate surface area is 169 Å². The van der Waals surface area contributed by atoms with E-state index >= 15 is 0 Å². The van der Waals surface area contributed by atoms with Crippen molar-refractivity contribution in [3.8, 4) is 0 Å². The Morgan fingerprint density at radius 3 is 2.17 bits per heavy atom. The van der Waals surface area contributed by atoms with Crippen molar-refractivity contribution < 1.29 is 14.0 Å². The maximum absolute atomic E-state index is 13.3. The van der Waals surface area contributed by atoms with Crippen molar-refractivity contribution >= 4 is 23.2 Å². The van der Waals surface area contributed by atoms with Crippen molar-refractivity contribution in [3.05, 3.63) is 89.0 Å². The Kier molecular flexibility index (Phi) is 6.02. The molecular weight excluding hydrogens is 369 g/mol. The van der Waals surface area contributed by atoms with Gasteiger partial charge in [-0.25, -0.2) is 9.37 Å². The highest BCUT2D eigenvalue weighted by atomic mass is 19.1. The van der Waals surface area contributed by atoms with E-state index < -0.39 is 17.6 Å². The zero-order valence-electron chi connectivity index (χ0n) is 16.5. The summed E-state index contributed by atoms with van der Waals surface area (Å²) < 4.78 is 13.3. The summed E-state index contributed by atoms with van der Waals surface area (Å²) in [6, 6.07) is 16.1. The molecule has 2 amide bonds. The van der Waals surface area contributed by atoms with Gasteiger partial charge in [0.2, 0.25) is 0 Å². The van der Waals surface area contributed by atoms with Crippen molar-refractivity contribution in [2.45, 2.75) is 26.7 Å². The van der Waals surface area contributed by atoms with Crippen LogP contribution in [0.2, 0.25) is 0 Å². The van der Waals surface area contributed by atoms with E-state index in [0.29, 0.717) is 5.69 Å². The summed E-state index contributed by atoms with van der Waals surface area (Å²) in [7, 11) is 0. The number of pyridine rings is 1. The monoisotopic (exact) mass is 391 g/mol. The summed E-state index contributed by atoms with van der Waals surface area (Å²) in [5, 5.41) is 5.49. The number of anilines is 2. The van der Waals surface area contributed by atoms with Crippen LogP contribution in [0.15, 0.2) is 60.7 Å². The molecule has 3 rings (SSSR count). The van der Waals surface area contributed by atoms with Gasteiger partial charge in [-0.05, 0) is 54.3 Å². The summed E-state index contributed by atoms with van der Waals surface area (Å²) in [6.45, 7) is 6.04. The van der Waals surface area contributed by atoms with E-state index in [-0.39, 0.29) is 17.3 Å². The first-order chi connectivity index (χ1) is 13.8. The van der Waals surface area contributed by atoms with Crippen molar-refractivity contribution in [1.29, 1.82) is 0 Å². The van der Waals surface area contributed by atoms with Crippen molar-refractivity contribution in [2.24, 2.45) is 0 Å². The molecule has 1 heterocycles. The van der Waals surface area contributed by atoms with Gasteiger partial charge in [0.05, 0.1) is 0 Å². The Hall–Kier alpha value is -3.54. The highest BCUT2D eigenvalue weighted by Crippen LogP contribution is 2.27. The fourth-order valence-corrected chi connectivity index (χ4v) is 2.97. The normalized spacial score (nSPS) is 10.7. The standard InChI is InChI=1S/C23H22FN3O2/c1-14(2)18-10-4-7-15(3)21(18)27-23(29)20-12-6-11-19(26-20)22(28)25-17-9-5-8-16(24)13-17/h4-14H,1-3H3,(H,25,28)(H,27,29). The molecule has 0 fully saturated rings. The second-order valence-corrected chi connectivity index (χ2v) is 7.02. The largest absolute Gasteiger partial charge is 0.321 e. The first-order valence-corrected chi connectivity index (χ1v) is 9.30. The van der Waals surface area contributed by atoms with Gasteiger partial charge in [0.25, 0.3) is 11.8 Å². The molecule has 0 saturated carbocycles. The van der Waals surface area contributed by atoms with E-state index in [1.165, 1.54) is 24.3 Å². The second kappa shape index (κ2) is 8.65. The molecule has 3 aromatic rings. The summed E-state index contributed by atoms with van der Waals surface area (Å²) in [6.07, 6.45) is 0. The van der Waals surface area contributed by atoms with Crippen LogP contribution < -0.4 is 10.6 Å². The SMILES string of the molecule is Cc1cccc(C(C)C)c1NC(=O)c1cccc(C(=O)Nc2cccc(F)c2)n1. The number of carbonyl (C=O) groups is 2. The topological polar surface area (TPSA) is 71.1 Å². The molecule has 148 valence electrons. The number of hydrogen-bond donors (Lipinski definition) is 2. The Balaban J connectivity index is 1.81. The van der Waals surface area contributed by atoms with Gasteiger partial charge in [-0.15, -0.1) is 0 Å². The third-order valence-electron chi connectivity index (χ3n) is 4.46. The number of hydrogen-bond acceptors (Lipinski definition) is 3. The van der Waals surface area contributed by atoms with Gasteiger partial charge < -0.3 is 10.6 Å². The molecule has 1 aromatic heterocycles. The number of rotatable bonds is 5. The van der Waals surface area contributed by atoms with E-state index in [4.69, 9.17) is 0 Å². The minimum Gasteiger partial charge on any atom is -0.321 e. The minimum atomic E-state index is -0.524. The number of halogens is 1. The van der Waals surface area contributed by atoms with Gasteiger partial charge in [-0.2, -0.15) is 0 Å². The number of nitrogens with zero attached hydrogens (tertiary/aromatic N) is 1. The lowest BCUT2D eigenvalue weighted by Crippen LogP contribution is -2.19. The third-order valence-corrected chi connectivity index (χ3v) is 4.46. The third kappa shape index (κ3) is 4.85. The number of aryl methyl sites for hydroxylation is 1. The average Bonchev–Trinajstić information content (AvgIpc) is 2.69. The minimum absolute atomic E-state index is 0.0655. The molecule has 2 aromatic carbocycles. The number of para-hydroxylation sites is 1. The number of nitrogens with one attached hydrogen (secondary N) is 2. The van der Waals surface area contributed by atoms with Gasteiger partial charge >= 0.3 is 0 Å². The van der Waals surface area contributed by atoms with Crippen LogP contribution in [-0.4, -0.2) is 16.8 Å². The predicted molar refractivity (Wildman–Crippen MR) is 112 cm³/mol. The molecule has 0 bridgehead atoms. The van der Waals surface area contributed by atoms with Crippen LogP contribution in [0.5, 0.6) is 0 Å². The van der Waals surface area contributed by atoms with E-state index in [2.05, 4.69) is 29.5 Å². The van der Waals surface area contributed by atoms with E-state index in [0.717, 1.165) is 16.8 Å². The maximum atomic E-state index is 13.3. The molecule has 0 unspecified atom stereocenters. The van der Waals surface area contributed by atoms with E-state index in [1.807, 2.05) is 25.1 Å². The quantitative estimate of drug-likeness (QED) is 0.631. The van der Waals surface area contributed by atoms with Crippen LogP contribution >= 0.6 is 0 Å². The van der Waals surface area contributed by atoms with Crippen molar-refractivity contribution in [2.75, 3.05) is 10.6 Å². The Bertz CT molecular complexity index is 1060. The predicted octanol–water partition coefficient (Wildman–Crippen LogP) is 5.16. The van der Waals surface area contributed by atoms with Gasteiger partial charge in [-0.3, -0.25) is 9.59 Å². The molecule has 0 saturated heterocycles. The Morgan fingerprint density at radius 1 is 0.897 bits per heavy atom. The number of benzene rings is 2. The fourth-order valence-electron chi connectivity index (χ4n) is 2.97. The number of carbonyl (C=O) groups excluding carboxylic acids is 2. The summed E-state index contributed by atoms with van der Waals surface area (Å²) in [5.41, 5.74) is 3.23. The summed E-state index contributed by atoms with van der Waals surface area (Å²) in [4.78, 5) is 29.4. The van der Waals surface area contributed by atoms with Gasteiger partial charge in [0.15, 0.2) is 0 Å². The van der Waals surface area contributed by atoms with Gasteiger partial charge in [0, 0.05) is 11.4 Å². The van der Waals surface area contributed by atoms with E-state index in [1.54, 1.807) is 18.2 Å². The lowest BCUT2D eigenvalue weighted by atomic mass is 9.98. The molecule has 6 heteroatoms. The highest BCUT2D eigenvalue weighted by Gasteiger charge is 2.16. The summed E-state index contributed by atoms with van der Waals surface area (Å²) >= 11 is 0. The van der Waals surface area contributed by atoms with Crippen LogP contribution in [0.3, 0.4) is 0 Å². The average molecular weight is 391 g/mol. The second-order valence-electron chi connectivity index (χ2n) is 7.02. The fraction of sp³-hybridized carbons (Fsp3) is 0.174. The summed E-state index contributed by atoms with van der Waals surface area (Å²) in [5.74, 6) is -1.14. The Morgan fingerprint density at radius 2 is 1.52 bits per heavy atom. The zero-order chi connectivity index (χ0) is 21.0.